The van der Waals surface area contributed by atoms with Gasteiger partial charge in [0.2, 0.25) is 0 Å². The van der Waals surface area contributed by atoms with Gasteiger partial charge < -0.3 is 5.73 Å². The Bertz CT molecular complexity index is 1190. The van der Waals surface area contributed by atoms with Crippen LogP contribution in [0.2, 0.25) is 0 Å². The van der Waals surface area contributed by atoms with E-state index in [1.54, 1.807) is 6.20 Å². The van der Waals surface area contributed by atoms with E-state index in [4.69, 9.17) is 17.3 Å². The normalized spacial score (nSPS) is 18.1. The van der Waals surface area contributed by atoms with E-state index in [1.165, 1.54) is 17.7 Å². The molecule has 6 heteroatoms. The predicted molar refractivity (Wildman–Crippen MR) is 125 cm³/mol. The van der Waals surface area contributed by atoms with Gasteiger partial charge >= 0.3 is 0 Å². The number of imidazole rings is 1. The van der Waals surface area contributed by atoms with E-state index in [1.807, 2.05) is 43.5 Å². The van der Waals surface area contributed by atoms with Crippen LogP contribution < -0.4 is 5.73 Å². The van der Waals surface area contributed by atoms with Crippen molar-refractivity contribution in [3.05, 3.63) is 88.3 Å². The zero-order valence-electron chi connectivity index (χ0n) is 17.9. The van der Waals surface area contributed by atoms with Gasteiger partial charge in [-0.15, -0.1) is 0 Å². The fourth-order valence-corrected chi connectivity index (χ4v) is 3.91. The standard InChI is InChI=1S/C23H20ClF2N3.C2H6/c1-14-4-2-3-5-17(19(24)8-14)18-13-29-22(12-28-23(29)10-16(18)11-27)15-6-7-20(25)21(26)9-15;1-2/h2-3,6-10,12-13H,4-5,11,27H2,1H3;1-2H3/b3-2?,14-8-,19-17-;. The second-order valence-electron chi connectivity index (χ2n) is 7.11. The monoisotopic (exact) mass is 441 g/mol. The fraction of sp³-hybridized carbons (Fsp3) is 0.240. The van der Waals surface area contributed by atoms with Gasteiger partial charge in [0.1, 0.15) is 5.65 Å². The third kappa shape index (κ3) is 4.78. The Kier molecular flexibility index (Phi) is 7.42. The highest BCUT2D eigenvalue weighted by molar-refractivity contribution is 6.34. The summed E-state index contributed by atoms with van der Waals surface area (Å²) in [5.74, 6) is -1.78. The van der Waals surface area contributed by atoms with Gasteiger partial charge in [0.05, 0.1) is 11.9 Å². The molecule has 1 aliphatic rings. The smallest absolute Gasteiger partial charge is 0.159 e. The third-order valence-electron chi connectivity index (χ3n) is 5.08. The van der Waals surface area contributed by atoms with Crippen LogP contribution in [0.3, 0.4) is 0 Å². The highest BCUT2D eigenvalue weighted by Gasteiger charge is 2.16. The SMILES string of the molecule is C/C1=C/C(Cl)=C(/c2cn3c(-c4ccc(F)c(F)c4)cnc3cc2CN)CC=CC1.CC. The number of halogens is 3. The number of fused-ring (bicyclic) bond motifs is 1. The molecule has 4 rings (SSSR count). The van der Waals surface area contributed by atoms with Gasteiger partial charge in [-0.25, -0.2) is 13.8 Å². The minimum Gasteiger partial charge on any atom is -0.326 e. The number of rotatable bonds is 3. The molecule has 0 radical (unpaired) electrons. The van der Waals surface area contributed by atoms with Crippen LogP contribution >= 0.6 is 11.6 Å². The second-order valence-corrected chi connectivity index (χ2v) is 7.52. The van der Waals surface area contributed by atoms with E-state index in [9.17, 15) is 8.78 Å². The molecule has 0 bridgehead atoms. The lowest BCUT2D eigenvalue weighted by Gasteiger charge is -2.16. The first-order valence-corrected chi connectivity index (χ1v) is 10.7. The third-order valence-corrected chi connectivity index (χ3v) is 5.42. The van der Waals surface area contributed by atoms with Gasteiger partial charge in [-0.05, 0) is 61.2 Å². The number of nitrogens with zero attached hydrogens (tertiary/aromatic N) is 2. The van der Waals surface area contributed by atoms with Crippen molar-refractivity contribution < 1.29 is 8.78 Å². The van der Waals surface area contributed by atoms with Gasteiger partial charge in [-0.2, -0.15) is 0 Å². The Hall–Kier alpha value is -2.76. The number of pyridine rings is 1. The number of benzene rings is 1. The molecule has 162 valence electrons. The maximum absolute atomic E-state index is 13.8. The average Bonchev–Trinajstić information content (AvgIpc) is 3.17. The second kappa shape index (κ2) is 10.0. The summed E-state index contributed by atoms with van der Waals surface area (Å²) < 4.78 is 29.0. The molecular weight excluding hydrogens is 416 g/mol. The molecule has 0 amide bonds. The molecule has 3 nitrogen and oxygen atoms in total. The lowest BCUT2D eigenvalue weighted by atomic mass is 9.96. The van der Waals surface area contributed by atoms with E-state index >= 15 is 0 Å². The van der Waals surface area contributed by atoms with Crippen molar-refractivity contribution in [3.63, 3.8) is 0 Å². The minimum absolute atomic E-state index is 0.333. The summed E-state index contributed by atoms with van der Waals surface area (Å²) in [6, 6.07) is 5.74. The van der Waals surface area contributed by atoms with Crippen molar-refractivity contribution in [2.24, 2.45) is 5.73 Å². The van der Waals surface area contributed by atoms with Gasteiger partial charge in [-0.1, -0.05) is 43.2 Å². The van der Waals surface area contributed by atoms with Gasteiger partial charge in [0.25, 0.3) is 0 Å². The molecule has 31 heavy (non-hydrogen) atoms. The molecule has 0 fully saturated rings. The number of nitrogens with two attached hydrogens (primary N) is 1. The van der Waals surface area contributed by atoms with Crippen molar-refractivity contribution in [2.45, 2.75) is 40.2 Å². The lowest BCUT2D eigenvalue weighted by molar-refractivity contribution is 0.509. The summed E-state index contributed by atoms with van der Waals surface area (Å²) in [7, 11) is 0. The molecule has 2 heterocycles. The predicted octanol–water partition coefficient (Wildman–Crippen LogP) is 7.01. The Morgan fingerprint density at radius 2 is 1.84 bits per heavy atom. The Labute approximate surface area is 186 Å². The molecule has 0 saturated carbocycles. The summed E-state index contributed by atoms with van der Waals surface area (Å²) in [4.78, 5) is 4.42. The van der Waals surface area contributed by atoms with E-state index in [0.717, 1.165) is 29.2 Å². The number of hydrogen-bond acceptors (Lipinski definition) is 2. The molecule has 0 spiro atoms. The molecule has 1 aliphatic carbocycles. The summed E-state index contributed by atoms with van der Waals surface area (Å²) in [6.45, 7) is 6.37. The molecule has 2 aromatic heterocycles. The summed E-state index contributed by atoms with van der Waals surface area (Å²) >= 11 is 6.65. The molecule has 1 aromatic carbocycles. The average molecular weight is 442 g/mol. The van der Waals surface area contributed by atoms with E-state index in [-0.39, 0.29) is 0 Å². The molecule has 0 unspecified atom stereocenters. The van der Waals surface area contributed by atoms with Gasteiger partial charge in [0.15, 0.2) is 11.6 Å². The highest BCUT2D eigenvalue weighted by atomic mass is 35.5. The quantitative estimate of drug-likeness (QED) is 0.444. The topological polar surface area (TPSA) is 43.3 Å². The first-order chi connectivity index (χ1) is 15.0. The zero-order chi connectivity index (χ0) is 22.5. The molecule has 2 N–H and O–H groups in total. The lowest BCUT2D eigenvalue weighted by Crippen LogP contribution is -2.05. The number of hydrogen-bond donors (Lipinski definition) is 1. The van der Waals surface area contributed by atoms with Gasteiger partial charge in [-0.3, -0.25) is 4.40 Å². The molecular formula is C25H26ClF2N3. The van der Waals surface area contributed by atoms with Crippen LogP contribution in [-0.4, -0.2) is 9.38 Å². The Balaban J connectivity index is 0.00000132. The van der Waals surface area contributed by atoms with E-state index in [2.05, 4.69) is 17.1 Å². The van der Waals surface area contributed by atoms with Crippen LogP contribution in [0.5, 0.6) is 0 Å². The van der Waals surface area contributed by atoms with Crippen LogP contribution in [-0.2, 0) is 6.54 Å². The van der Waals surface area contributed by atoms with Crippen LogP contribution in [0.1, 0.15) is 44.7 Å². The zero-order valence-corrected chi connectivity index (χ0v) is 18.7. The van der Waals surface area contributed by atoms with Crippen molar-refractivity contribution in [1.29, 1.82) is 0 Å². The van der Waals surface area contributed by atoms with Crippen molar-refractivity contribution in [2.75, 3.05) is 0 Å². The Morgan fingerprint density at radius 1 is 1.10 bits per heavy atom. The first-order valence-electron chi connectivity index (χ1n) is 10.3. The fourth-order valence-electron chi connectivity index (χ4n) is 3.54. The van der Waals surface area contributed by atoms with Gasteiger partial charge in [0, 0.05) is 28.9 Å². The maximum atomic E-state index is 13.8. The minimum atomic E-state index is -0.896. The maximum Gasteiger partial charge on any atom is 0.159 e. The Morgan fingerprint density at radius 3 is 2.55 bits per heavy atom. The van der Waals surface area contributed by atoms with Crippen LogP contribution in [0.15, 0.2) is 65.5 Å². The van der Waals surface area contributed by atoms with Crippen LogP contribution in [0.25, 0.3) is 22.5 Å². The first kappa shape index (κ1) is 22.9. The highest BCUT2D eigenvalue weighted by Crippen LogP contribution is 2.33. The van der Waals surface area contributed by atoms with Crippen molar-refractivity contribution in [3.8, 4) is 11.3 Å². The van der Waals surface area contributed by atoms with Crippen molar-refractivity contribution >= 4 is 22.8 Å². The number of allylic oxidation sites excluding steroid dienone is 6. The summed E-state index contributed by atoms with van der Waals surface area (Å²) in [5.41, 5.74) is 11.9. The molecule has 0 saturated heterocycles. The summed E-state index contributed by atoms with van der Waals surface area (Å²) in [5, 5.41) is 0.676. The van der Waals surface area contributed by atoms with Crippen molar-refractivity contribution in [1.82, 2.24) is 9.38 Å². The summed E-state index contributed by atoms with van der Waals surface area (Å²) in [6.07, 6.45) is 11.3. The molecule has 3 aromatic rings. The number of aromatic nitrogens is 2. The molecule has 0 aliphatic heterocycles. The van der Waals surface area contributed by atoms with Crippen LogP contribution in [0, 0.1) is 11.6 Å². The van der Waals surface area contributed by atoms with Crippen LogP contribution in [0.4, 0.5) is 8.78 Å². The molecule has 0 atom stereocenters. The largest absolute Gasteiger partial charge is 0.326 e. The van der Waals surface area contributed by atoms with E-state index < -0.39 is 11.6 Å². The van der Waals surface area contributed by atoms with E-state index in [0.29, 0.717) is 34.9 Å².